The summed E-state index contributed by atoms with van der Waals surface area (Å²) < 4.78 is 5.21. The number of halogens is 1. The molecule has 1 amide bonds. The molecule has 0 fully saturated rings. The highest BCUT2D eigenvalue weighted by Crippen LogP contribution is 2.19. The first kappa shape index (κ1) is 17.2. The van der Waals surface area contributed by atoms with Gasteiger partial charge in [0.05, 0.1) is 7.11 Å². The molecule has 7 heteroatoms. The lowest BCUT2D eigenvalue weighted by atomic mass is 10.1. The third-order valence-corrected chi connectivity index (χ3v) is 3.84. The molecule has 0 saturated heterocycles. The van der Waals surface area contributed by atoms with Crippen molar-refractivity contribution in [3.63, 3.8) is 0 Å². The summed E-state index contributed by atoms with van der Waals surface area (Å²) in [6.07, 6.45) is -0.105. The Balaban J connectivity index is 2.79. The smallest absolute Gasteiger partial charge is 0.326 e. The first-order valence-electron chi connectivity index (χ1n) is 6.22. The lowest BCUT2D eigenvalue weighted by molar-refractivity contribution is -0.142. The summed E-state index contributed by atoms with van der Waals surface area (Å²) in [5.41, 5.74) is 1.10. The first-order valence-corrected chi connectivity index (χ1v) is 7.01. The van der Waals surface area contributed by atoms with Gasteiger partial charge in [-0.2, -0.15) is 0 Å². The average molecular weight is 358 g/mol. The molecule has 114 valence electrons. The van der Waals surface area contributed by atoms with E-state index >= 15 is 0 Å². The molecule has 0 radical (unpaired) electrons. The van der Waals surface area contributed by atoms with E-state index in [2.05, 4.69) is 26.0 Å². The van der Waals surface area contributed by atoms with E-state index < -0.39 is 23.9 Å². The largest absolute Gasteiger partial charge is 0.480 e. The molecule has 0 bridgehead atoms. The van der Waals surface area contributed by atoms with Crippen molar-refractivity contribution in [1.82, 2.24) is 5.32 Å². The number of carbonyl (C=O) groups excluding carboxylic acids is 2. The number of hydrogen-bond acceptors (Lipinski definition) is 4. The van der Waals surface area contributed by atoms with Gasteiger partial charge in [-0.3, -0.25) is 9.59 Å². The number of hydrogen-bond donors (Lipinski definition) is 2. The highest BCUT2D eigenvalue weighted by molar-refractivity contribution is 9.10. The van der Waals surface area contributed by atoms with Crippen molar-refractivity contribution in [2.45, 2.75) is 25.8 Å². The van der Waals surface area contributed by atoms with Crippen LogP contribution in [0, 0.1) is 6.92 Å². The zero-order chi connectivity index (χ0) is 16.0. The second kappa shape index (κ2) is 7.78. The average Bonchev–Trinajstić information content (AvgIpc) is 2.45. The van der Waals surface area contributed by atoms with Crippen LogP contribution in [0.3, 0.4) is 0 Å². The predicted molar refractivity (Wildman–Crippen MR) is 79.0 cm³/mol. The number of carbonyl (C=O) groups is 3. The molecule has 0 aliphatic carbocycles. The number of nitrogens with one attached hydrogen (secondary N) is 1. The highest BCUT2D eigenvalue weighted by Gasteiger charge is 2.22. The van der Waals surface area contributed by atoms with Gasteiger partial charge in [0.1, 0.15) is 6.04 Å². The Bertz CT molecular complexity index is 558. The normalized spacial score (nSPS) is 11.6. The molecule has 0 heterocycles. The summed E-state index contributed by atoms with van der Waals surface area (Å²) in [5.74, 6) is -2.21. The molecule has 1 unspecified atom stereocenters. The van der Waals surface area contributed by atoms with Gasteiger partial charge in [-0.05, 0) is 31.0 Å². The van der Waals surface area contributed by atoms with Crippen LogP contribution in [0.4, 0.5) is 0 Å². The number of amides is 1. The van der Waals surface area contributed by atoms with Crippen LogP contribution >= 0.6 is 15.9 Å². The van der Waals surface area contributed by atoms with Gasteiger partial charge in [0.2, 0.25) is 0 Å². The van der Waals surface area contributed by atoms with Gasteiger partial charge in [-0.1, -0.05) is 22.0 Å². The van der Waals surface area contributed by atoms with E-state index in [0.717, 1.165) is 4.47 Å². The SMILES string of the molecule is COC(=O)CCC(NC(=O)c1cccc(Br)c1C)C(=O)O. The van der Waals surface area contributed by atoms with Crippen LogP contribution in [0.1, 0.15) is 28.8 Å². The number of carboxylic acids is 1. The standard InChI is InChI=1S/C14H16BrNO5/c1-8-9(4-3-5-10(8)15)13(18)16-11(14(19)20)6-7-12(17)21-2/h3-5,11H,6-7H2,1-2H3,(H,16,18)(H,19,20). The lowest BCUT2D eigenvalue weighted by Gasteiger charge is -2.15. The number of methoxy groups -OCH3 is 1. The van der Waals surface area contributed by atoms with Gasteiger partial charge in [-0.25, -0.2) is 4.79 Å². The fraction of sp³-hybridized carbons (Fsp3) is 0.357. The van der Waals surface area contributed by atoms with Crippen LogP contribution in [0.5, 0.6) is 0 Å². The summed E-state index contributed by atoms with van der Waals surface area (Å²) in [7, 11) is 1.22. The molecule has 0 aliphatic rings. The second-order valence-corrected chi connectivity index (χ2v) is 5.25. The van der Waals surface area contributed by atoms with Crippen molar-refractivity contribution in [2.75, 3.05) is 7.11 Å². The van der Waals surface area contributed by atoms with Crippen LogP contribution in [-0.4, -0.2) is 36.1 Å². The van der Waals surface area contributed by atoms with Crippen LogP contribution in [0.25, 0.3) is 0 Å². The topological polar surface area (TPSA) is 92.7 Å². The van der Waals surface area contributed by atoms with E-state index in [1.54, 1.807) is 25.1 Å². The zero-order valence-corrected chi connectivity index (χ0v) is 13.3. The molecule has 21 heavy (non-hydrogen) atoms. The minimum absolute atomic E-state index is 0.0270. The first-order chi connectivity index (χ1) is 9.86. The van der Waals surface area contributed by atoms with E-state index in [1.165, 1.54) is 7.11 Å². The van der Waals surface area contributed by atoms with Crippen molar-refractivity contribution >= 4 is 33.8 Å². The Labute approximate surface area is 130 Å². The number of aliphatic carboxylic acids is 1. The van der Waals surface area contributed by atoms with Gasteiger partial charge >= 0.3 is 11.9 Å². The van der Waals surface area contributed by atoms with Gasteiger partial charge < -0.3 is 15.2 Å². The number of ether oxygens (including phenoxy) is 1. The molecule has 6 nitrogen and oxygen atoms in total. The minimum atomic E-state index is -1.19. The van der Waals surface area contributed by atoms with Gasteiger partial charge in [0.25, 0.3) is 5.91 Å². The monoisotopic (exact) mass is 357 g/mol. The van der Waals surface area contributed by atoms with Gasteiger partial charge in [-0.15, -0.1) is 0 Å². The Hall–Kier alpha value is -1.89. The van der Waals surface area contributed by atoms with Gasteiger partial charge in [0.15, 0.2) is 0 Å². The fourth-order valence-electron chi connectivity index (χ4n) is 1.71. The second-order valence-electron chi connectivity index (χ2n) is 4.39. The maximum atomic E-state index is 12.1. The fourth-order valence-corrected chi connectivity index (χ4v) is 2.08. The van der Waals surface area contributed by atoms with E-state index in [0.29, 0.717) is 11.1 Å². The summed E-state index contributed by atoms with van der Waals surface area (Å²) in [6, 6.07) is 3.94. The van der Waals surface area contributed by atoms with Crippen molar-refractivity contribution in [1.29, 1.82) is 0 Å². The van der Waals surface area contributed by atoms with Gasteiger partial charge in [0, 0.05) is 16.5 Å². The lowest BCUT2D eigenvalue weighted by Crippen LogP contribution is -2.41. The Morgan fingerprint density at radius 1 is 1.38 bits per heavy atom. The Morgan fingerprint density at radius 3 is 2.62 bits per heavy atom. The summed E-state index contributed by atoms with van der Waals surface area (Å²) in [4.78, 5) is 34.3. The Morgan fingerprint density at radius 2 is 2.05 bits per heavy atom. The molecule has 1 aromatic rings. The van der Waals surface area contributed by atoms with Crippen LogP contribution in [-0.2, 0) is 14.3 Å². The molecule has 1 aromatic carbocycles. The number of carboxylic acid groups (broad SMARTS) is 1. The Kier molecular flexibility index (Phi) is 6.36. The van der Waals surface area contributed by atoms with Crippen LogP contribution in [0.15, 0.2) is 22.7 Å². The molecular weight excluding hydrogens is 342 g/mol. The molecular formula is C14H16BrNO5. The summed E-state index contributed by atoms with van der Waals surface area (Å²) in [6.45, 7) is 1.75. The predicted octanol–water partition coefficient (Wildman–Crippen LogP) is 1.89. The maximum Gasteiger partial charge on any atom is 0.326 e. The van der Waals surface area contributed by atoms with E-state index in [1.807, 2.05) is 0 Å². The molecule has 1 rings (SSSR count). The van der Waals surface area contributed by atoms with E-state index in [-0.39, 0.29) is 12.8 Å². The molecule has 0 aliphatic heterocycles. The van der Waals surface area contributed by atoms with Crippen LogP contribution in [0.2, 0.25) is 0 Å². The molecule has 0 spiro atoms. The molecule has 0 aromatic heterocycles. The number of esters is 1. The highest BCUT2D eigenvalue weighted by atomic mass is 79.9. The minimum Gasteiger partial charge on any atom is -0.480 e. The molecule has 0 saturated carbocycles. The van der Waals surface area contributed by atoms with Crippen molar-refractivity contribution < 1.29 is 24.2 Å². The number of rotatable bonds is 6. The van der Waals surface area contributed by atoms with Crippen molar-refractivity contribution in [3.8, 4) is 0 Å². The van der Waals surface area contributed by atoms with Crippen molar-refractivity contribution in [2.24, 2.45) is 0 Å². The summed E-state index contributed by atoms with van der Waals surface area (Å²) >= 11 is 3.31. The molecule has 2 N–H and O–H groups in total. The summed E-state index contributed by atoms with van der Waals surface area (Å²) in [5, 5.41) is 11.5. The third-order valence-electron chi connectivity index (χ3n) is 2.98. The number of benzene rings is 1. The zero-order valence-electron chi connectivity index (χ0n) is 11.7. The quantitative estimate of drug-likeness (QED) is 0.758. The van der Waals surface area contributed by atoms with E-state index in [9.17, 15) is 14.4 Å². The maximum absolute atomic E-state index is 12.1. The van der Waals surface area contributed by atoms with Crippen molar-refractivity contribution in [3.05, 3.63) is 33.8 Å². The molecule has 1 atom stereocenters. The van der Waals surface area contributed by atoms with E-state index in [4.69, 9.17) is 5.11 Å². The van der Waals surface area contributed by atoms with Crippen LogP contribution < -0.4 is 5.32 Å². The third kappa shape index (κ3) is 4.86.